The zero-order valence-electron chi connectivity index (χ0n) is 13.4. The molecular weight excluding hydrogens is 338 g/mol. The van der Waals surface area contributed by atoms with E-state index >= 15 is 0 Å². The first-order chi connectivity index (χ1) is 11.8. The molecule has 0 spiro atoms. The molecule has 25 heavy (non-hydrogen) atoms. The fourth-order valence-electron chi connectivity index (χ4n) is 2.54. The van der Waals surface area contributed by atoms with Crippen LogP contribution < -0.4 is 5.32 Å². The minimum Gasteiger partial charge on any atom is -0.366 e. The fourth-order valence-corrected chi connectivity index (χ4v) is 2.54. The second-order valence-corrected chi connectivity index (χ2v) is 5.66. The smallest absolute Gasteiger partial charge is 0.366 e. The van der Waals surface area contributed by atoms with Crippen molar-refractivity contribution >= 4 is 16.9 Å². The van der Waals surface area contributed by atoms with Crippen molar-refractivity contribution in [3.8, 4) is 0 Å². The molecule has 0 radical (unpaired) electrons. The van der Waals surface area contributed by atoms with Crippen molar-refractivity contribution in [3.05, 3.63) is 47.2 Å². The lowest BCUT2D eigenvalue weighted by molar-refractivity contribution is -0.140. The van der Waals surface area contributed by atoms with Gasteiger partial charge in [-0.2, -0.15) is 13.2 Å². The molecule has 3 aromatic heterocycles. The van der Waals surface area contributed by atoms with Crippen LogP contribution in [0.1, 0.15) is 35.6 Å². The Morgan fingerprint density at radius 3 is 2.64 bits per heavy atom. The lowest BCUT2D eigenvalue weighted by atomic mass is 10.1. The van der Waals surface area contributed by atoms with E-state index in [2.05, 4.69) is 25.3 Å². The van der Waals surface area contributed by atoms with Gasteiger partial charge in [-0.15, -0.1) is 0 Å². The Kier molecular flexibility index (Phi) is 4.32. The summed E-state index contributed by atoms with van der Waals surface area (Å²) in [5.41, 5.74) is 0.892. The topological polar surface area (TPSA) is 66.5 Å². The number of H-pyrrole nitrogens is 1. The molecule has 0 fully saturated rings. The molecule has 0 aromatic carbocycles. The van der Waals surface area contributed by atoms with Gasteiger partial charge in [-0.25, -0.2) is 19.3 Å². The van der Waals surface area contributed by atoms with Gasteiger partial charge in [-0.1, -0.05) is 0 Å². The summed E-state index contributed by atoms with van der Waals surface area (Å²) in [5, 5.41) is 3.40. The number of fused-ring (bicyclic) bond motifs is 1. The SMILES string of the molecule is Cc1c(NCc2cnc3[nH]c(C(F)(F)F)cc3c2)ncnc1C(C)F. The molecule has 3 aromatic rings. The van der Waals surface area contributed by atoms with Crippen LogP contribution in [0.15, 0.2) is 24.7 Å². The quantitative estimate of drug-likeness (QED) is 0.686. The van der Waals surface area contributed by atoms with Crippen LogP contribution in [-0.4, -0.2) is 19.9 Å². The van der Waals surface area contributed by atoms with Crippen molar-refractivity contribution in [2.75, 3.05) is 5.32 Å². The van der Waals surface area contributed by atoms with Crippen LogP contribution in [0.4, 0.5) is 23.4 Å². The third kappa shape index (κ3) is 3.54. The normalized spacial score (nSPS) is 13.2. The van der Waals surface area contributed by atoms with Crippen molar-refractivity contribution in [2.24, 2.45) is 0 Å². The number of rotatable bonds is 4. The van der Waals surface area contributed by atoms with Gasteiger partial charge in [-0.05, 0) is 31.5 Å². The van der Waals surface area contributed by atoms with E-state index in [0.717, 1.165) is 6.07 Å². The maximum absolute atomic E-state index is 13.5. The second-order valence-electron chi connectivity index (χ2n) is 5.66. The van der Waals surface area contributed by atoms with Crippen LogP contribution in [0, 0.1) is 6.92 Å². The van der Waals surface area contributed by atoms with Gasteiger partial charge in [0, 0.05) is 23.7 Å². The molecule has 3 rings (SSSR count). The average Bonchev–Trinajstić information content (AvgIpc) is 2.97. The second kappa shape index (κ2) is 6.30. The summed E-state index contributed by atoms with van der Waals surface area (Å²) in [4.78, 5) is 14.2. The van der Waals surface area contributed by atoms with Gasteiger partial charge in [0.25, 0.3) is 0 Å². The Morgan fingerprint density at radius 2 is 1.96 bits per heavy atom. The van der Waals surface area contributed by atoms with E-state index in [9.17, 15) is 17.6 Å². The zero-order valence-corrected chi connectivity index (χ0v) is 13.4. The van der Waals surface area contributed by atoms with E-state index in [4.69, 9.17) is 0 Å². The minimum absolute atomic E-state index is 0.169. The third-order valence-electron chi connectivity index (χ3n) is 3.79. The highest BCUT2D eigenvalue weighted by Crippen LogP contribution is 2.30. The lowest BCUT2D eigenvalue weighted by Crippen LogP contribution is -2.07. The summed E-state index contributed by atoms with van der Waals surface area (Å²) in [7, 11) is 0. The Balaban J connectivity index is 1.81. The van der Waals surface area contributed by atoms with Gasteiger partial charge in [0.15, 0.2) is 0 Å². The molecule has 0 saturated heterocycles. The highest BCUT2D eigenvalue weighted by Gasteiger charge is 2.32. The van der Waals surface area contributed by atoms with E-state index < -0.39 is 18.0 Å². The summed E-state index contributed by atoms with van der Waals surface area (Å²) in [6.45, 7) is 3.38. The molecule has 5 nitrogen and oxygen atoms in total. The zero-order chi connectivity index (χ0) is 18.2. The molecule has 0 aliphatic heterocycles. The molecule has 132 valence electrons. The summed E-state index contributed by atoms with van der Waals surface area (Å²) in [6.07, 6.45) is -2.93. The molecule has 2 N–H and O–H groups in total. The van der Waals surface area contributed by atoms with Crippen LogP contribution in [0.5, 0.6) is 0 Å². The number of pyridine rings is 1. The van der Waals surface area contributed by atoms with Gasteiger partial charge in [0.2, 0.25) is 0 Å². The summed E-state index contributed by atoms with van der Waals surface area (Å²) in [6, 6.07) is 2.63. The minimum atomic E-state index is -4.45. The number of nitrogens with zero attached hydrogens (tertiary/aromatic N) is 3. The van der Waals surface area contributed by atoms with Crippen LogP contribution in [0.3, 0.4) is 0 Å². The Morgan fingerprint density at radius 1 is 1.20 bits per heavy atom. The molecule has 0 aliphatic rings. The summed E-state index contributed by atoms with van der Waals surface area (Å²) < 4.78 is 51.7. The molecular formula is C16H15F4N5. The van der Waals surface area contributed by atoms with Gasteiger partial charge in [0.05, 0.1) is 5.69 Å². The van der Waals surface area contributed by atoms with Crippen molar-refractivity contribution in [1.29, 1.82) is 0 Å². The van der Waals surface area contributed by atoms with Crippen molar-refractivity contribution < 1.29 is 17.6 Å². The van der Waals surface area contributed by atoms with Crippen molar-refractivity contribution in [1.82, 2.24) is 19.9 Å². The number of aromatic nitrogens is 4. The lowest BCUT2D eigenvalue weighted by Gasteiger charge is -2.12. The molecule has 0 aliphatic carbocycles. The first kappa shape index (κ1) is 17.1. The number of anilines is 1. The Labute approximate surface area is 140 Å². The van der Waals surface area contributed by atoms with Crippen LogP contribution in [-0.2, 0) is 12.7 Å². The first-order valence-electron chi connectivity index (χ1n) is 7.50. The van der Waals surface area contributed by atoms with Gasteiger partial charge in [-0.3, -0.25) is 0 Å². The van der Waals surface area contributed by atoms with Gasteiger partial charge >= 0.3 is 6.18 Å². The largest absolute Gasteiger partial charge is 0.431 e. The van der Waals surface area contributed by atoms with E-state index in [1.54, 1.807) is 13.0 Å². The van der Waals surface area contributed by atoms with Crippen molar-refractivity contribution in [3.63, 3.8) is 0 Å². The molecule has 0 bridgehead atoms. The van der Waals surface area contributed by atoms with Crippen LogP contribution in [0.25, 0.3) is 11.0 Å². The molecule has 1 atom stereocenters. The molecule has 1 unspecified atom stereocenters. The Bertz CT molecular complexity index is 901. The van der Waals surface area contributed by atoms with Gasteiger partial charge in [0.1, 0.15) is 29.7 Å². The van der Waals surface area contributed by atoms with E-state index in [-0.39, 0.29) is 12.2 Å². The maximum Gasteiger partial charge on any atom is 0.431 e. The summed E-state index contributed by atoms with van der Waals surface area (Å²) >= 11 is 0. The average molecular weight is 353 g/mol. The highest BCUT2D eigenvalue weighted by atomic mass is 19.4. The molecule has 3 heterocycles. The maximum atomic E-state index is 13.5. The highest BCUT2D eigenvalue weighted by molar-refractivity contribution is 5.77. The van der Waals surface area contributed by atoms with E-state index in [0.29, 0.717) is 28.0 Å². The number of hydrogen-bond acceptors (Lipinski definition) is 4. The standard InChI is InChI=1S/C16H15F4N5/c1-8-13(9(2)17)23-7-24-14(8)21-5-10-3-11-4-12(16(18,19)20)25-15(11)22-6-10/h3-4,6-7,9H,5H2,1-2H3,(H,22,25)(H,21,23,24). The summed E-state index contributed by atoms with van der Waals surface area (Å²) in [5.74, 6) is 0.472. The number of aromatic amines is 1. The molecule has 0 amide bonds. The fraction of sp³-hybridized carbons (Fsp3) is 0.312. The third-order valence-corrected chi connectivity index (χ3v) is 3.79. The number of halogens is 4. The number of nitrogens with one attached hydrogen (secondary N) is 2. The van der Waals surface area contributed by atoms with Crippen molar-refractivity contribution in [2.45, 2.75) is 32.7 Å². The van der Waals surface area contributed by atoms with E-state index in [1.165, 1.54) is 19.4 Å². The van der Waals surface area contributed by atoms with E-state index in [1.807, 2.05) is 0 Å². The monoisotopic (exact) mass is 353 g/mol. The predicted octanol–water partition coefficient (Wildman–Crippen LogP) is 4.32. The molecule has 9 heteroatoms. The molecule has 0 saturated carbocycles. The van der Waals surface area contributed by atoms with Crippen LogP contribution in [0.2, 0.25) is 0 Å². The van der Waals surface area contributed by atoms with Crippen LogP contribution >= 0.6 is 0 Å². The number of alkyl halides is 4. The Hall–Kier alpha value is -2.71. The number of hydrogen-bond donors (Lipinski definition) is 2. The first-order valence-corrected chi connectivity index (χ1v) is 7.50. The van der Waals surface area contributed by atoms with Gasteiger partial charge < -0.3 is 10.3 Å². The predicted molar refractivity (Wildman–Crippen MR) is 84.7 cm³/mol.